The van der Waals surface area contributed by atoms with Crippen LogP contribution < -0.4 is 5.73 Å². The largest absolute Gasteiger partial charge is 0.396 e. The second-order valence-electron chi connectivity index (χ2n) is 5.03. The Morgan fingerprint density at radius 1 is 1.35 bits per heavy atom. The van der Waals surface area contributed by atoms with Crippen molar-refractivity contribution < 1.29 is 9.90 Å². The Balaban J connectivity index is 2.65. The topological polar surface area (TPSA) is 79.5 Å². The Morgan fingerprint density at radius 3 is 2.75 bits per heavy atom. The summed E-state index contributed by atoms with van der Waals surface area (Å²) in [6.07, 6.45) is 4.40. The molecule has 5 heteroatoms. The minimum absolute atomic E-state index is 0.0274. The summed E-state index contributed by atoms with van der Waals surface area (Å²) in [6.45, 7) is 2.96. The van der Waals surface area contributed by atoms with Crippen molar-refractivity contribution >= 4 is 11.7 Å². The van der Waals surface area contributed by atoms with E-state index in [0.717, 1.165) is 37.8 Å². The normalized spacial score (nSPS) is 10.6. The minimum atomic E-state index is -0.0274. The number of hydrogen-bond acceptors (Lipinski definition) is 4. The number of aliphatic hydroxyl groups is 1. The van der Waals surface area contributed by atoms with Crippen LogP contribution in [0.15, 0.2) is 12.1 Å². The van der Waals surface area contributed by atoms with Gasteiger partial charge in [0.1, 0.15) is 5.82 Å². The van der Waals surface area contributed by atoms with Gasteiger partial charge in [0.25, 0.3) is 5.91 Å². The van der Waals surface area contributed by atoms with Gasteiger partial charge in [-0.25, -0.2) is 4.98 Å². The molecule has 0 radical (unpaired) electrons. The van der Waals surface area contributed by atoms with Crippen LogP contribution in [-0.4, -0.2) is 41.1 Å². The first-order chi connectivity index (χ1) is 9.58. The molecular weight excluding hydrogens is 254 g/mol. The Labute approximate surface area is 120 Å². The molecule has 0 aliphatic heterocycles. The zero-order valence-corrected chi connectivity index (χ0v) is 12.4. The van der Waals surface area contributed by atoms with Gasteiger partial charge in [0.15, 0.2) is 0 Å². The van der Waals surface area contributed by atoms with Crippen LogP contribution >= 0.6 is 0 Å². The molecule has 0 saturated heterocycles. The van der Waals surface area contributed by atoms with E-state index >= 15 is 0 Å². The smallest absolute Gasteiger partial charge is 0.253 e. The summed E-state index contributed by atoms with van der Waals surface area (Å²) in [5, 5.41) is 8.73. The Bertz CT molecular complexity index is 435. The molecule has 1 aromatic heterocycles. The van der Waals surface area contributed by atoms with E-state index in [9.17, 15) is 4.79 Å². The average molecular weight is 279 g/mol. The highest BCUT2D eigenvalue weighted by Gasteiger charge is 2.13. The van der Waals surface area contributed by atoms with Crippen molar-refractivity contribution in [3.05, 3.63) is 23.4 Å². The lowest BCUT2D eigenvalue weighted by Gasteiger charge is -2.17. The fraction of sp³-hybridized carbons (Fsp3) is 0.600. The lowest BCUT2D eigenvalue weighted by atomic mass is 10.1. The number of aromatic nitrogens is 1. The van der Waals surface area contributed by atoms with E-state index < -0.39 is 0 Å². The van der Waals surface area contributed by atoms with Crippen LogP contribution in [0.1, 0.15) is 48.7 Å². The summed E-state index contributed by atoms with van der Waals surface area (Å²) in [4.78, 5) is 18.2. The number of nitrogen functional groups attached to an aromatic ring is 1. The molecule has 0 atom stereocenters. The van der Waals surface area contributed by atoms with Crippen molar-refractivity contribution in [2.45, 2.75) is 39.0 Å². The highest BCUT2D eigenvalue weighted by atomic mass is 16.2. The minimum Gasteiger partial charge on any atom is -0.396 e. The molecule has 1 heterocycles. The number of pyridine rings is 1. The van der Waals surface area contributed by atoms with Crippen LogP contribution in [-0.2, 0) is 6.42 Å². The second kappa shape index (κ2) is 8.53. The van der Waals surface area contributed by atoms with E-state index in [1.165, 1.54) is 0 Å². The van der Waals surface area contributed by atoms with Crippen molar-refractivity contribution in [3.8, 4) is 0 Å². The predicted octanol–water partition coefficient (Wildman–Crippen LogP) is 1.85. The molecule has 1 aromatic rings. The molecule has 112 valence electrons. The monoisotopic (exact) mass is 279 g/mol. The molecule has 0 aliphatic rings. The molecule has 0 bridgehead atoms. The van der Waals surface area contributed by atoms with Gasteiger partial charge in [-0.3, -0.25) is 4.79 Å². The number of anilines is 1. The van der Waals surface area contributed by atoms with Crippen LogP contribution in [0.2, 0.25) is 0 Å². The fourth-order valence-electron chi connectivity index (χ4n) is 2.08. The molecule has 0 unspecified atom stereocenters. The van der Waals surface area contributed by atoms with Crippen molar-refractivity contribution in [3.63, 3.8) is 0 Å². The quantitative estimate of drug-likeness (QED) is 0.712. The standard InChI is InChI=1S/C15H25N3O2/c1-3-7-13-10-12(11-14(16)17-13)15(20)18(2)8-5-4-6-9-19/h10-11,19H,3-9H2,1-2H3,(H2,16,17). The summed E-state index contributed by atoms with van der Waals surface area (Å²) in [6, 6.07) is 3.46. The van der Waals surface area contributed by atoms with E-state index in [0.29, 0.717) is 17.9 Å². The highest BCUT2D eigenvalue weighted by molar-refractivity contribution is 5.94. The van der Waals surface area contributed by atoms with Gasteiger partial charge in [-0.2, -0.15) is 0 Å². The van der Waals surface area contributed by atoms with Crippen molar-refractivity contribution in [1.82, 2.24) is 9.88 Å². The fourth-order valence-corrected chi connectivity index (χ4v) is 2.08. The third-order valence-corrected chi connectivity index (χ3v) is 3.15. The molecule has 0 aliphatic carbocycles. The molecule has 1 amide bonds. The molecule has 0 fully saturated rings. The van der Waals surface area contributed by atoms with Gasteiger partial charge < -0.3 is 15.7 Å². The SMILES string of the molecule is CCCc1cc(C(=O)N(C)CCCCCO)cc(N)n1. The first-order valence-corrected chi connectivity index (χ1v) is 7.21. The van der Waals surface area contributed by atoms with Crippen LogP contribution in [0, 0.1) is 0 Å². The first kappa shape index (κ1) is 16.4. The number of nitrogens with zero attached hydrogens (tertiary/aromatic N) is 2. The maximum absolute atomic E-state index is 12.3. The molecule has 1 rings (SSSR count). The lowest BCUT2D eigenvalue weighted by Crippen LogP contribution is -2.28. The van der Waals surface area contributed by atoms with E-state index in [1.54, 1.807) is 18.0 Å². The summed E-state index contributed by atoms with van der Waals surface area (Å²) >= 11 is 0. The first-order valence-electron chi connectivity index (χ1n) is 7.21. The molecule has 20 heavy (non-hydrogen) atoms. The number of amides is 1. The van der Waals surface area contributed by atoms with Crippen molar-refractivity contribution in [1.29, 1.82) is 0 Å². The second-order valence-corrected chi connectivity index (χ2v) is 5.03. The van der Waals surface area contributed by atoms with E-state index in [2.05, 4.69) is 11.9 Å². The lowest BCUT2D eigenvalue weighted by molar-refractivity contribution is 0.0792. The van der Waals surface area contributed by atoms with Gasteiger partial charge in [-0.15, -0.1) is 0 Å². The average Bonchev–Trinajstić information content (AvgIpc) is 2.42. The van der Waals surface area contributed by atoms with Gasteiger partial charge >= 0.3 is 0 Å². The zero-order valence-electron chi connectivity index (χ0n) is 12.4. The molecule has 5 nitrogen and oxygen atoms in total. The third-order valence-electron chi connectivity index (χ3n) is 3.15. The van der Waals surface area contributed by atoms with Crippen LogP contribution in [0.4, 0.5) is 5.82 Å². The summed E-state index contributed by atoms with van der Waals surface area (Å²) in [5.41, 5.74) is 7.23. The Hall–Kier alpha value is -1.62. The Kier molecular flexibility index (Phi) is 7.01. The molecule has 0 saturated carbocycles. The zero-order chi connectivity index (χ0) is 15.0. The maximum atomic E-state index is 12.3. The van der Waals surface area contributed by atoms with E-state index in [4.69, 9.17) is 10.8 Å². The molecule has 0 aromatic carbocycles. The summed E-state index contributed by atoms with van der Waals surface area (Å²) < 4.78 is 0. The number of carbonyl (C=O) groups is 1. The van der Waals surface area contributed by atoms with Gasteiger partial charge in [0.2, 0.25) is 0 Å². The number of aryl methyl sites for hydroxylation is 1. The molecule has 3 N–H and O–H groups in total. The van der Waals surface area contributed by atoms with Gasteiger partial charge in [-0.1, -0.05) is 13.3 Å². The third kappa shape index (κ3) is 5.17. The number of hydrogen-bond donors (Lipinski definition) is 2. The predicted molar refractivity (Wildman–Crippen MR) is 80.5 cm³/mol. The number of rotatable bonds is 8. The van der Waals surface area contributed by atoms with E-state index in [-0.39, 0.29) is 12.5 Å². The van der Waals surface area contributed by atoms with Crippen LogP contribution in [0.5, 0.6) is 0 Å². The maximum Gasteiger partial charge on any atom is 0.253 e. The number of aliphatic hydroxyl groups excluding tert-OH is 1. The van der Waals surface area contributed by atoms with Gasteiger partial charge in [-0.05, 0) is 37.8 Å². The number of nitrogens with two attached hydrogens (primary N) is 1. The highest BCUT2D eigenvalue weighted by Crippen LogP contribution is 2.12. The summed E-state index contributed by atoms with van der Waals surface area (Å²) in [7, 11) is 1.79. The number of unbranched alkanes of at least 4 members (excludes halogenated alkanes) is 2. The van der Waals surface area contributed by atoms with Gasteiger partial charge in [0, 0.05) is 31.5 Å². The van der Waals surface area contributed by atoms with Crippen LogP contribution in [0.3, 0.4) is 0 Å². The van der Waals surface area contributed by atoms with Gasteiger partial charge in [0.05, 0.1) is 0 Å². The van der Waals surface area contributed by atoms with Crippen molar-refractivity contribution in [2.75, 3.05) is 25.9 Å². The summed E-state index contributed by atoms with van der Waals surface area (Å²) in [5.74, 6) is 0.369. The Morgan fingerprint density at radius 2 is 2.10 bits per heavy atom. The van der Waals surface area contributed by atoms with Crippen molar-refractivity contribution in [2.24, 2.45) is 0 Å². The van der Waals surface area contributed by atoms with Crippen LogP contribution in [0.25, 0.3) is 0 Å². The molecule has 0 spiro atoms. The van der Waals surface area contributed by atoms with E-state index in [1.807, 2.05) is 6.07 Å². The molecular formula is C15H25N3O2. The number of carbonyl (C=O) groups excluding carboxylic acids is 1.